The molecule has 1 aromatic carbocycles. The van der Waals surface area contributed by atoms with Crippen molar-refractivity contribution in [3.8, 4) is 5.75 Å². The number of hydrogen-bond donors (Lipinski definition) is 1. The predicted molar refractivity (Wildman–Crippen MR) is 77.7 cm³/mol. The molecule has 0 aliphatic carbocycles. The Kier molecular flexibility index (Phi) is 4.04. The Labute approximate surface area is 118 Å². The molecule has 0 saturated heterocycles. The predicted octanol–water partition coefficient (Wildman–Crippen LogP) is 4.08. The first-order valence-corrected chi connectivity index (χ1v) is 6.97. The zero-order valence-corrected chi connectivity index (χ0v) is 12.4. The molecule has 1 N–H and O–H groups in total. The van der Waals surface area contributed by atoms with Gasteiger partial charge in [0, 0.05) is 5.38 Å². The minimum absolute atomic E-state index is 0.138. The van der Waals surface area contributed by atoms with Crippen molar-refractivity contribution in [2.45, 2.75) is 6.92 Å². The van der Waals surface area contributed by atoms with Crippen LogP contribution in [0.3, 0.4) is 0 Å². The van der Waals surface area contributed by atoms with Gasteiger partial charge in [-0.15, -0.1) is 11.3 Å². The van der Waals surface area contributed by atoms with Crippen LogP contribution in [0.4, 0.5) is 5.69 Å². The van der Waals surface area contributed by atoms with E-state index in [9.17, 15) is 4.79 Å². The smallest absolute Gasteiger partial charge is 0.256 e. The number of amides is 1. The lowest BCUT2D eigenvalue weighted by Gasteiger charge is -2.10. The van der Waals surface area contributed by atoms with Crippen LogP contribution in [0.25, 0.3) is 0 Å². The summed E-state index contributed by atoms with van der Waals surface area (Å²) in [6.45, 7) is 1.97. The lowest BCUT2D eigenvalue weighted by atomic mass is 10.2. The number of rotatable bonds is 3. The number of thiophene rings is 1. The lowest BCUT2D eigenvalue weighted by Crippen LogP contribution is -2.11. The van der Waals surface area contributed by atoms with Gasteiger partial charge in [-0.05, 0) is 46.6 Å². The standard InChI is InChI=1S/C13H12BrNO2S/c1-8-3-4-11(17-2)10(5-8)15-13(16)9-6-12(14)18-7-9/h3-7H,1-2H3,(H,15,16). The molecule has 18 heavy (non-hydrogen) atoms. The highest BCUT2D eigenvalue weighted by atomic mass is 79.9. The lowest BCUT2D eigenvalue weighted by molar-refractivity contribution is 0.102. The molecule has 1 aromatic heterocycles. The van der Waals surface area contributed by atoms with Gasteiger partial charge in [0.05, 0.1) is 22.1 Å². The number of hydrogen-bond acceptors (Lipinski definition) is 3. The fraction of sp³-hybridized carbons (Fsp3) is 0.154. The molecule has 0 atom stereocenters. The first-order chi connectivity index (χ1) is 8.60. The summed E-state index contributed by atoms with van der Waals surface area (Å²) in [5.41, 5.74) is 2.39. The van der Waals surface area contributed by atoms with Gasteiger partial charge in [0.1, 0.15) is 5.75 Å². The summed E-state index contributed by atoms with van der Waals surface area (Å²) < 4.78 is 6.16. The fourth-order valence-electron chi connectivity index (χ4n) is 1.54. The second-order valence-corrected chi connectivity index (χ2v) is 6.09. The van der Waals surface area contributed by atoms with E-state index in [1.54, 1.807) is 13.2 Å². The third kappa shape index (κ3) is 2.91. The molecule has 0 spiro atoms. The first kappa shape index (κ1) is 13.1. The van der Waals surface area contributed by atoms with Crippen molar-refractivity contribution >= 4 is 38.9 Å². The molecule has 0 aliphatic rings. The summed E-state index contributed by atoms with van der Waals surface area (Å²) in [6.07, 6.45) is 0. The number of anilines is 1. The van der Waals surface area contributed by atoms with E-state index >= 15 is 0 Å². The Morgan fingerprint density at radius 1 is 1.39 bits per heavy atom. The van der Waals surface area contributed by atoms with Gasteiger partial charge in [-0.25, -0.2) is 0 Å². The number of ether oxygens (including phenoxy) is 1. The van der Waals surface area contributed by atoms with E-state index in [4.69, 9.17) is 4.74 Å². The highest BCUT2D eigenvalue weighted by Crippen LogP contribution is 2.27. The highest BCUT2D eigenvalue weighted by Gasteiger charge is 2.11. The van der Waals surface area contributed by atoms with E-state index in [0.29, 0.717) is 17.0 Å². The number of benzene rings is 1. The van der Waals surface area contributed by atoms with Crippen LogP contribution in [-0.2, 0) is 0 Å². The van der Waals surface area contributed by atoms with Crippen LogP contribution in [0.15, 0.2) is 33.4 Å². The Hall–Kier alpha value is -1.33. The van der Waals surface area contributed by atoms with Gasteiger partial charge in [-0.3, -0.25) is 4.79 Å². The average molecular weight is 326 g/mol. The summed E-state index contributed by atoms with van der Waals surface area (Å²) in [4.78, 5) is 12.0. The van der Waals surface area contributed by atoms with E-state index in [0.717, 1.165) is 9.35 Å². The molecule has 2 aromatic rings. The van der Waals surface area contributed by atoms with Crippen molar-refractivity contribution in [2.24, 2.45) is 0 Å². The normalized spacial score (nSPS) is 10.2. The van der Waals surface area contributed by atoms with Gasteiger partial charge >= 0.3 is 0 Å². The van der Waals surface area contributed by atoms with Crippen LogP contribution in [0.2, 0.25) is 0 Å². The molecule has 0 bridgehead atoms. The molecular formula is C13H12BrNO2S. The SMILES string of the molecule is COc1ccc(C)cc1NC(=O)c1csc(Br)c1. The molecule has 0 radical (unpaired) electrons. The third-order valence-electron chi connectivity index (χ3n) is 2.43. The molecule has 3 nitrogen and oxygen atoms in total. The van der Waals surface area contributed by atoms with Crippen LogP contribution < -0.4 is 10.1 Å². The van der Waals surface area contributed by atoms with Crippen molar-refractivity contribution in [2.75, 3.05) is 12.4 Å². The molecule has 1 amide bonds. The Morgan fingerprint density at radius 3 is 2.78 bits per heavy atom. The molecule has 2 rings (SSSR count). The van der Waals surface area contributed by atoms with Gasteiger partial charge in [-0.2, -0.15) is 0 Å². The number of carbonyl (C=O) groups excluding carboxylic acids is 1. The number of carbonyl (C=O) groups is 1. The number of methoxy groups -OCH3 is 1. The summed E-state index contributed by atoms with van der Waals surface area (Å²) in [7, 11) is 1.58. The van der Waals surface area contributed by atoms with Crippen LogP contribution in [0.1, 0.15) is 15.9 Å². The fourth-order valence-corrected chi connectivity index (χ4v) is 2.68. The largest absolute Gasteiger partial charge is 0.495 e. The minimum Gasteiger partial charge on any atom is -0.495 e. The Morgan fingerprint density at radius 2 is 2.17 bits per heavy atom. The van der Waals surface area contributed by atoms with Crippen LogP contribution in [0.5, 0.6) is 5.75 Å². The van der Waals surface area contributed by atoms with E-state index in [2.05, 4.69) is 21.2 Å². The van der Waals surface area contributed by atoms with E-state index in [1.807, 2.05) is 30.5 Å². The molecule has 0 saturated carbocycles. The highest BCUT2D eigenvalue weighted by molar-refractivity contribution is 9.11. The van der Waals surface area contributed by atoms with E-state index in [-0.39, 0.29) is 5.91 Å². The molecule has 94 valence electrons. The van der Waals surface area contributed by atoms with Gasteiger partial charge in [0.25, 0.3) is 5.91 Å². The van der Waals surface area contributed by atoms with Gasteiger partial charge in [0.15, 0.2) is 0 Å². The van der Waals surface area contributed by atoms with Crippen LogP contribution >= 0.6 is 27.3 Å². The van der Waals surface area contributed by atoms with Crippen molar-refractivity contribution in [3.05, 3.63) is 44.6 Å². The maximum absolute atomic E-state index is 12.0. The zero-order chi connectivity index (χ0) is 13.1. The number of nitrogens with one attached hydrogen (secondary N) is 1. The monoisotopic (exact) mass is 325 g/mol. The molecule has 5 heteroatoms. The Balaban J connectivity index is 2.23. The van der Waals surface area contributed by atoms with Crippen molar-refractivity contribution in [1.82, 2.24) is 0 Å². The first-order valence-electron chi connectivity index (χ1n) is 5.30. The third-order valence-corrected chi connectivity index (χ3v) is 3.94. The second kappa shape index (κ2) is 5.54. The molecule has 0 aliphatic heterocycles. The minimum atomic E-state index is -0.138. The number of aryl methyl sites for hydroxylation is 1. The quantitative estimate of drug-likeness (QED) is 0.923. The van der Waals surface area contributed by atoms with E-state index in [1.165, 1.54) is 11.3 Å². The van der Waals surface area contributed by atoms with Crippen molar-refractivity contribution < 1.29 is 9.53 Å². The van der Waals surface area contributed by atoms with Crippen LogP contribution in [-0.4, -0.2) is 13.0 Å². The molecule has 0 unspecified atom stereocenters. The summed E-state index contributed by atoms with van der Waals surface area (Å²) in [5.74, 6) is 0.518. The second-order valence-electron chi connectivity index (χ2n) is 3.80. The summed E-state index contributed by atoms with van der Waals surface area (Å²) in [6, 6.07) is 7.46. The molecule has 0 fully saturated rings. The van der Waals surface area contributed by atoms with Crippen molar-refractivity contribution in [1.29, 1.82) is 0 Å². The van der Waals surface area contributed by atoms with Crippen LogP contribution in [0, 0.1) is 6.92 Å². The van der Waals surface area contributed by atoms with Gasteiger partial charge in [0.2, 0.25) is 0 Å². The van der Waals surface area contributed by atoms with E-state index < -0.39 is 0 Å². The summed E-state index contributed by atoms with van der Waals surface area (Å²) in [5, 5.41) is 4.66. The van der Waals surface area contributed by atoms with Gasteiger partial charge in [-0.1, -0.05) is 6.07 Å². The number of halogens is 1. The maximum atomic E-state index is 12.0. The Bertz CT molecular complexity index is 580. The van der Waals surface area contributed by atoms with Gasteiger partial charge < -0.3 is 10.1 Å². The average Bonchev–Trinajstić information content (AvgIpc) is 2.76. The summed E-state index contributed by atoms with van der Waals surface area (Å²) >= 11 is 4.82. The zero-order valence-electron chi connectivity index (χ0n) is 9.99. The topological polar surface area (TPSA) is 38.3 Å². The maximum Gasteiger partial charge on any atom is 0.256 e. The van der Waals surface area contributed by atoms with Crippen molar-refractivity contribution in [3.63, 3.8) is 0 Å². The molecular weight excluding hydrogens is 314 g/mol. The molecule has 1 heterocycles.